The Morgan fingerprint density at radius 3 is 2.65 bits per heavy atom. The predicted octanol–water partition coefficient (Wildman–Crippen LogP) is 5.26. The van der Waals surface area contributed by atoms with Crippen LogP contribution in [0.25, 0.3) is 22.2 Å². The molecule has 3 aromatic rings. The van der Waals surface area contributed by atoms with Crippen LogP contribution in [0.4, 0.5) is 4.39 Å². The van der Waals surface area contributed by atoms with Gasteiger partial charge in [-0.15, -0.1) is 0 Å². The summed E-state index contributed by atoms with van der Waals surface area (Å²) in [6.45, 7) is 4.19. The number of ether oxygens (including phenoxy) is 1. The molecular formula is C21H20FNO3. The summed E-state index contributed by atoms with van der Waals surface area (Å²) < 4.78 is 19.0. The van der Waals surface area contributed by atoms with Gasteiger partial charge in [0.15, 0.2) is 0 Å². The molecule has 1 N–H and O–H groups in total. The van der Waals surface area contributed by atoms with Gasteiger partial charge >= 0.3 is 5.97 Å². The van der Waals surface area contributed by atoms with Crippen molar-refractivity contribution in [1.82, 2.24) is 4.98 Å². The molecule has 0 aliphatic heterocycles. The van der Waals surface area contributed by atoms with E-state index in [4.69, 9.17) is 4.74 Å². The zero-order valence-corrected chi connectivity index (χ0v) is 14.9. The number of aromatic nitrogens is 1. The lowest BCUT2D eigenvalue weighted by Crippen LogP contribution is -2.02. The molecule has 26 heavy (non-hydrogen) atoms. The summed E-state index contributed by atoms with van der Waals surface area (Å²) >= 11 is 0. The highest BCUT2D eigenvalue weighted by Crippen LogP contribution is 2.33. The maximum absolute atomic E-state index is 13.7. The lowest BCUT2D eigenvalue weighted by Gasteiger charge is -2.13. The minimum absolute atomic E-state index is 0.140. The number of carbonyl (C=O) groups is 1. The van der Waals surface area contributed by atoms with Crippen molar-refractivity contribution in [2.24, 2.45) is 0 Å². The third kappa shape index (κ3) is 3.25. The van der Waals surface area contributed by atoms with Crippen LogP contribution in [0.1, 0.15) is 42.1 Å². The van der Waals surface area contributed by atoms with Crippen molar-refractivity contribution in [3.8, 4) is 17.0 Å². The van der Waals surface area contributed by atoms with Crippen molar-refractivity contribution in [1.29, 1.82) is 0 Å². The number of hydrogen-bond acceptors (Lipinski definition) is 3. The highest BCUT2D eigenvalue weighted by molar-refractivity contribution is 6.04. The van der Waals surface area contributed by atoms with E-state index in [1.165, 1.54) is 31.4 Å². The van der Waals surface area contributed by atoms with Crippen molar-refractivity contribution in [2.75, 3.05) is 7.11 Å². The van der Waals surface area contributed by atoms with E-state index in [1.807, 2.05) is 18.2 Å². The lowest BCUT2D eigenvalue weighted by atomic mass is 9.95. The van der Waals surface area contributed by atoms with Gasteiger partial charge in [-0.2, -0.15) is 0 Å². The maximum Gasteiger partial charge on any atom is 0.336 e. The molecule has 0 bridgehead atoms. The normalized spacial score (nSPS) is 12.2. The largest absolute Gasteiger partial charge is 0.496 e. The van der Waals surface area contributed by atoms with E-state index in [0.29, 0.717) is 33.8 Å². The van der Waals surface area contributed by atoms with E-state index in [0.717, 1.165) is 12.0 Å². The van der Waals surface area contributed by atoms with Gasteiger partial charge in [0.25, 0.3) is 0 Å². The fourth-order valence-corrected chi connectivity index (χ4v) is 2.98. The van der Waals surface area contributed by atoms with Gasteiger partial charge in [-0.25, -0.2) is 14.2 Å². The van der Waals surface area contributed by atoms with Crippen molar-refractivity contribution < 1.29 is 19.0 Å². The fourth-order valence-electron chi connectivity index (χ4n) is 2.98. The Hall–Kier alpha value is -2.95. The Kier molecular flexibility index (Phi) is 4.89. The van der Waals surface area contributed by atoms with E-state index < -0.39 is 11.8 Å². The van der Waals surface area contributed by atoms with Gasteiger partial charge in [-0.05, 0) is 54.3 Å². The van der Waals surface area contributed by atoms with Crippen LogP contribution in [0.2, 0.25) is 0 Å². The Morgan fingerprint density at radius 1 is 1.23 bits per heavy atom. The van der Waals surface area contributed by atoms with Gasteiger partial charge in [0.05, 0.1) is 23.9 Å². The van der Waals surface area contributed by atoms with Gasteiger partial charge in [0.2, 0.25) is 0 Å². The van der Waals surface area contributed by atoms with E-state index in [9.17, 15) is 14.3 Å². The molecule has 4 nitrogen and oxygen atoms in total. The van der Waals surface area contributed by atoms with Crippen LogP contribution in [0.3, 0.4) is 0 Å². The van der Waals surface area contributed by atoms with Crippen molar-refractivity contribution in [3.05, 3.63) is 59.4 Å². The molecule has 1 aromatic heterocycles. The molecule has 3 rings (SSSR count). The summed E-state index contributed by atoms with van der Waals surface area (Å²) in [5.74, 6) is -0.725. The number of nitrogens with zero attached hydrogens (tertiary/aromatic N) is 1. The van der Waals surface area contributed by atoms with Crippen molar-refractivity contribution in [2.45, 2.75) is 26.2 Å². The molecule has 0 saturated carbocycles. The first-order valence-electron chi connectivity index (χ1n) is 8.46. The van der Waals surface area contributed by atoms with Gasteiger partial charge in [-0.3, -0.25) is 0 Å². The number of aromatic carboxylic acids is 1. The first kappa shape index (κ1) is 17.9. The Labute approximate surface area is 151 Å². The van der Waals surface area contributed by atoms with Crippen LogP contribution < -0.4 is 4.74 Å². The summed E-state index contributed by atoms with van der Waals surface area (Å²) in [7, 11) is 1.48. The molecule has 2 aromatic carbocycles. The number of fused-ring (bicyclic) bond motifs is 1. The second-order valence-electron chi connectivity index (χ2n) is 6.29. The maximum atomic E-state index is 13.7. The van der Waals surface area contributed by atoms with Crippen LogP contribution in [-0.4, -0.2) is 23.2 Å². The zero-order valence-electron chi connectivity index (χ0n) is 14.9. The fraction of sp³-hybridized carbons (Fsp3) is 0.238. The predicted molar refractivity (Wildman–Crippen MR) is 99.4 cm³/mol. The van der Waals surface area contributed by atoms with Gasteiger partial charge in [0.1, 0.15) is 11.6 Å². The smallest absolute Gasteiger partial charge is 0.336 e. The standard InChI is InChI=1S/C21H20FNO3/c1-4-12(2)13-5-7-18-15(9-13)16(21(24)25)11-19(23-18)17-10-14(22)6-8-20(17)26-3/h5-12H,4H2,1-3H3,(H,24,25). The first-order valence-corrected chi connectivity index (χ1v) is 8.46. The molecule has 0 fully saturated rings. The number of carboxylic acid groups (broad SMARTS) is 1. The molecule has 1 unspecified atom stereocenters. The third-order valence-electron chi connectivity index (χ3n) is 4.68. The molecule has 0 aliphatic carbocycles. The number of pyridine rings is 1. The van der Waals surface area contributed by atoms with Crippen LogP contribution in [-0.2, 0) is 0 Å². The minimum atomic E-state index is -1.05. The molecular weight excluding hydrogens is 333 g/mol. The molecule has 5 heteroatoms. The number of halogens is 1. The van der Waals surface area contributed by atoms with E-state index in [-0.39, 0.29) is 5.56 Å². The summed E-state index contributed by atoms with van der Waals surface area (Å²) in [6.07, 6.45) is 0.958. The van der Waals surface area contributed by atoms with E-state index in [1.54, 1.807) is 0 Å². The molecule has 0 amide bonds. The third-order valence-corrected chi connectivity index (χ3v) is 4.68. The highest BCUT2D eigenvalue weighted by Gasteiger charge is 2.17. The van der Waals surface area contributed by atoms with Crippen LogP contribution >= 0.6 is 0 Å². The second kappa shape index (κ2) is 7.12. The summed E-state index contributed by atoms with van der Waals surface area (Å²) in [6, 6.07) is 11.2. The second-order valence-corrected chi connectivity index (χ2v) is 6.29. The summed E-state index contributed by atoms with van der Waals surface area (Å²) in [4.78, 5) is 16.4. The lowest BCUT2D eigenvalue weighted by molar-refractivity contribution is 0.0699. The first-order chi connectivity index (χ1) is 12.4. The van der Waals surface area contributed by atoms with Gasteiger partial charge in [-0.1, -0.05) is 19.9 Å². The van der Waals surface area contributed by atoms with E-state index >= 15 is 0 Å². The quantitative estimate of drug-likeness (QED) is 0.679. The number of hydrogen-bond donors (Lipinski definition) is 1. The number of rotatable bonds is 5. The van der Waals surface area contributed by atoms with Crippen LogP contribution in [0.15, 0.2) is 42.5 Å². The summed E-state index contributed by atoms with van der Waals surface area (Å²) in [5, 5.41) is 10.3. The Balaban J connectivity index is 2.27. The SMILES string of the molecule is CCC(C)c1ccc2nc(-c3cc(F)ccc3OC)cc(C(=O)O)c2c1. The molecule has 0 saturated heterocycles. The topological polar surface area (TPSA) is 59.4 Å². The zero-order chi connectivity index (χ0) is 18.8. The van der Waals surface area contributed by atoms with Gasteiger partial charge in [0, 0.05) is 10.9 Å². The molecule has 1 heterocycles. The van der Waals surface area contributed by atoms with Crippen molar-refractivity contribution in [3.63, 3.8) is 0 Å². The average Bonchev–Trinajstić information content (AvgIpc) is 2.65. The minimum Gasteiger partial charge on any atom is -0.496 e. The molecule has 0 aliphatic rings. The van der Waals surface area contributed by atoms with Crippen LogP contribution in [0, 0.1) is 5.82 Å². The van der Waals surface area contributed by atoms with Crippen LogP contribution in [0.5, 0.6) is 5.75 Å². The number of methoxy groups -OCH3 is 1. The van der Waals surface area contributed by atoms with E-state index in [2.05, 4.69) is 18.8 Å². The monoisotopic (exact) mass is 353 g/mol. The summed E-state index contributed by atoms with van der Waals surface area (Å²) in [5.41, 5.74) is 2.55. The molecule has 1 atom stereocenters. The number of carboxylic acids is 1. The average molecular weight is 353 g/mol. The Morgan fingerprint density at radius 2 is 2.00 bits per heavy atom. The van der Waals surface area contributed by atoms with Crippen molar-refractivity contribution >= 4 is 16.9 Å². The highest BCUT2D eigenvalue weighted by atomic mass is 19.1. The molecule has 0 radical (unpaired) electrons. The number of benzene rings is 2. The molecule has 134 valence electrons. The van der Waals surface area contributed by atoms with Gasteiger partial charge < -0.3 is 9.84 Å². The molecule has 0 spiro atoms. The Bertz CT molecular complexity index is 984.